The van der Waals surface area contributed by atoms with E-state index in [2.05, 4.69) is 28.4 Å². The molecule has 0 radical (unpaired) electrons. The Morgan fingerprint density at radius 3 is 2.32 bits per heavy atom. The maximum Gasteiger partial charge on any atom is 0.240 e. The zero-order valence-corrected chi connectivity index (χ0v) is 15.5. The average molecular weight is 356 g/mol. The summed E-state index contributed by atoms with van der Waals surface area (Å²) in [5, 5.41) is 0. The second-order valence-electron chi connectivity index (χ2n) is 5.73. The highest BCUT2D eigenvalue weighted by atomic mass is 32.2. The first kappa shape index (κ1) is 19.2. The molecule has 2 aromatic rings. The van der Waals surface area contributed by atoms with Crippen molar-refractivity contribution < 1.29 is 8.42 Å². The van der Waals surface area contributed by atoms with Crippen LogP contribution in [0.1, 0.15) is 24.5 Å². The average Bonchev–Trinajstić information content (AvgIpc) is 2.63. The number of nitrogens with one attached hydrogen (secondary N) is 1. The van der Waals surface area contributed by atoms with Crippen molar-refractivity contribution in [3.63, 3.8) is 0 Å². The molecule has 0 bridgehead atoms. The number of nitrogens with zero attached hydrogens (tertiary/aromatic N) is 1. The van der Waals surface area contributed by atoms with E-state index in [1.165, 1.54) is 7.05 Å². The summed E-state index contributed by atoms with van der Waals surface area (Å²) in [6, 6.07) is 16.9. The Balaban J connectivity index is 2.03. The van der Waals surface area contributed by atoms with E-state index in [0.717, 1.165) is 30.6 Å². The van der Waals surface area contributed by atoms with Crippen LogP contribution in [0.4, 0.5) is 0 Å². The summed E-state index contributed by atoms with van der Waals surface area (Å²) in [6.45, 7) is 4.51. The zero-order chi connectivity index (χ0) is 18.1. The third-order valence-electron chi connectivity index (χ3n) is 3.76. The van der Waals surface area contributed by atoms with Gasteiger partial charge in [0.25, 0.3) is 0 Å². The van der Waals surface area contributed by atoms with Crippen LogP contribution >= 0.6 is 0 Å². The van der Waals surface area contributed by atoms with Crippen LogP contribution in [-0.4, -0.2) is 33.5 Å². The molecule has 0 atom stereocenters. The van der Waals surface area contributed by atoms with E-state index < -0.39 is 10.0 Å². The molecule has 132 valence electrons. The van der Waals surface area contributed by atoms with Crippen molar-refractivity contribution in [3.8, 4) is 11.8 Å². The van der Waals surface area contributed by atoms with Gasteiger partial charge in [0.2, 0.25) is 10.0 Å². The van der Waals surface area contributed by atoms with E-state index in [0.29, 0.717) is 6.54 Å². The van der Waals surface area contributed by atoms with Gasteiger partial charge in [-0.3, -0.25) is 4.90 Å². The van der Waals surface area contributed by atoms with Crippen LogP contribution in [0, 0.1) is 11.8 Å². The van der Waals surface area contributed by atoms with Gasteiger partial charge in [0.15, 0.2) is 0 Å². The lowest BCUT2D eigenvalue weighted by Gasteiger charge is -2.19. The molecule has 5 heteroatoms. The van der Waals surface area contributed by atoms with Gasteiger partial charge in [0.1, 0.15) is 0 Å². The lowest BCUT2D eigenvalue weighted by atomic mass is 10.2. The van der Waals surface area contributed by atoms with E-state index in [4.69, 9.17) is 0 Å². The number of hydrogen-bond acceptors (Lipinski definition) is 3. The Labute approximate surface area is 150 Å². The van der Waals surface area contributed by atoms with Gasteiger partial charge in [-0.15, -0.1) is 0 Å². The minimum absolute atomic E-state index is 0.282. The van der Waals surface area contributed by atoms with Crippen molar-refractivity contribution in [2.24, 2.45) is 0 Å². The standard InChI is InChI=1S/C20H24N2O2S/c1-3-15-22(16-7-10-18-8-5-4-6-9-18)17-19-11-13-20(14-12-19)25(23,24)21-2/h4-6,8-9,11-14,21H,3,15-17H2,1-2H3. The summed E-state index contributed by atoms with van der Waals surface area (Å²) in [5.74, 6) is 6.40. The molecule has 0 aromatic heterocycles. The van der Waals surface area contributed by atoms with Crippen LogP contribution in [0.3, 0.4) is 0 Å². The molecule has 25 heavy (non-hydrogen) atoms. The zero-order valence-electron chi connectivity index (χ0n) is 14.7. The number of rotatable bonds is 7. The topological polar surface area (TPSA) is 49.4 Å². The smallest absolute Gasteiger partial charge is 0.240 e. The van der Waals surface area contributed by atoms with Gasteiger partial charge in [-0.1, -0.05) is 49.1 Å². The first-order chi connectivity index (χ1) is 12.0. The summed E-state index contributed by atoms with van der Waals surface area (Å²) < 4.78 is 25.9. The summed E-state index contributed by atoms with van der Waals surface area (Å²) in [4.78, 5) is 2.54. The Bertz CT molecular complexity index is 819. The maximum absolute atomic E-state index is 11.8. The van der Waals surface area contributed by atoms with E-state index >= 15 is 0 Å². The molecular formula is C20H24N2O2S. The molecule has 2 aromatic carbocycles. The molecule has 0 fully saturated rings. The Hall–Kier alpha value is -2.13. The van der Waals surface area contributed by atoms with Crippen molar-refractivity contribution in [2.45, 2.75) is 24.8 Å². The van der Waals surface area contributed by atoms with Gasteiger partial charge in [0, 0.05) is 12.1 Å². The second kappa shape index (κ2) is 9.38. The predicted octanol–water partition coefficient (Wildman–Crippen LogP) is 2.86. The number of hydrogen-bond donors (Lipinski definition) is 1. The van der Waals surface area contributed by atoms with Crippen LogP contribution in [0.15, 0.2) is 59.5 Å². The summed E-state index contributed by atoms with van der Waals surface area (Å²) in [7, 11) is -1.97. The molecule has 0 aliphatic carbocycles. The summed E-state index contributed by atoms with van der Waals surface area (Å²) in [5.41, 5.74) is 2.09. The molecular weight excluding hydrogens is 332 g/mol. The Morgan fingerprint density at radius 1 is 1.04 bits per heavy atom. The Kier molecular flexibility index (Phi) is 7.20. The molecule has 0 aliphatic heterocycles. The largest absolute Gasteiger partial charge is 0.288 e. The number of sulfonamides is 1. The molecule has 0 heterocycles. The summed E-state index contributed by atoms with van der Waals surface area (Å²) >= 11 is 0. The van der Waals surface area contributed by atoms with Crippen LogP contribution in [0.5, 0.6) is 0 Å². The fraction of sp³-hybridized carbons (Fsp3) is 0.300. The van der Waals surface area contributed by atoms with E-state index in [1.807, 2.05) is 42.5 Å². The van der Waals surface area contributed by atoms with Crippen molar-refractivity contribution >= 4 is 10.0 Å². The van der Waals surface area contributed by atoms with Gasteiger partial charge in [0.05, 0.1) is 11.4 Å². The Morgan fingerprint density at radius 2 is 1.72 bits per heavy atom. The molecule has 0 spiro atoms. The number of benzene rings is 2. The third kappa shape index (κ3) is 6.02. The fourth-order valence-corrected chi connectivity index (χ4v) is 3.19. The fourth-order valence-electron chi connectivity index (χ4n) is 2.46. The molecule has 4 nitrogen and oxygen atoms in total. The van der Waals surface area contributed by atoms with Crippen molar-refractivity contribution in [1.29, 1.82) is 0 Å². The van der Waals surface area contributed by atoms with Gasteiger partial charge < -0.3 is 0 Å². The van der Waals surface area contributed by atoms with Crippen molar-refractivity contribution in [1.82, 2.24) is 9.62 Å². The second-order valence-corrected chi connectivity index (χ2v) is 7.62. The lowest BCUT2D eigenvalue weighted by molar-refractivity contribution is 0.299. The summed E-state index contributed by atoms with van der Waals surface area (Å²) in [6.07, 6.45) is 1.04. The lowest BCUT2D eigenvalue weighted by Crippen LogP contribution is -2.24. The van der Waals surface area contributed by atoms with Crippen molar-refractivity contribution in [3.05, 3.63) is 65.7 Å². The van der Waals surface area contributed by atoms with Crippen LogP contribution < -0.4 is 4.72 Å². The first-order valence-corrected chi connectivity index (χ1v) is 9.82. The van der Waals surface area contributed by atoms with Crippen LogP contribution in [0.2, 0.25) is 0 Å². The molecule has 0 aliphatic rings. The molecule has 2 rings (SSSR count). The van der Waals surface area contributed by atoms with Crippen LogP contribution in [-0.2, 0) is 16.6 Å². The highest BCUT2D eigenvalue weighted by molar-refractivity contribution is 7.89. The first-order valence-electron chi connectivity index (χ1n) is 8.34. The maximum atomic E-state index is 11.8. The normalized spacial score (nSPS) is 11.2. The molecule has 0 amide bonds. The van der Waals surface area contributed by atoms with Crippen molar-refractivity contribution in [2.75, 3.05) is 20.1 Å². The van der Waals surface area contributed by atoms with Gasteiger partial charge >= 0.3 is 0 Å². The van der Waals surface area contributed by atoms with Crippen LogP contribution in [0.25, 0.3) is 0 Å². The minimum Gasteiger partial charge on any atom is -0.288 e. The monoisotopic (exact) mass is 356 g/mol. The molecule has 0 unspecified atom stereocenters. The highest BCUT2D eigenvalue weighted by Crippen LogP contribution is 2.12. The highest BCUT2D eigenvalue weighted by Gasteiger charge is 2.11. The van der Waals surface area contributed by atoms with Gasteiger partial charge in [-0.05, 0) is 49.8 Å². The van der Waals surface area contributed by atoms with E-state index in [1.54, 1.807) is 12.1 Å². The predicted molar refractivity (Wildman–Crippen MR) is 102 cm³/mol. The molecule has 0 saturated heterocycles. The SMILES string of the molecule is CCCN(CC#Cc1ccccc1)Cc1ccc(S(=O)(=O)NC)cc1. The third-order valence-corrected chi connectivity index (χ3v) is 5.19. The van der Waals surface area contributed by atoms with Gasteiger partial charge in [-0.2, -0.15) is 0 Å². The van der Waals surface area contributed by atoms with Gasteiger partial charge in [-0.25, -0.2) is 13.1 Å². The van der Waals surface area contributed by atoms with E-state index in [9.17, 15) is 8.42 Å². The minimum atomic E-state index is -3.38. The van der Waals surface area contributed by atoms with E-state index in [-0.39, 0.29) is 4.90 Å². The quantitative estimate of drug-likeness (QED) is 0.776. The molecule has 1 N–H and O–H groups in total. The molecule has 0 saturated carbocycles.